The van der Waals surface area contributed by atoms with Gasteiger partial charge >= 0.3 is 0 Å². The van der Waals surface area contributed by atoms with E-state index in [-0.39, 0.29) is 0 Å². The van der Waals surface area contributed by atoms with Crippen LogP contribution < -0.4 is 0 Å². The first-order valence-electron chi connectivity index (χ1n) is 3.73. The summed E-state index contributed by atoms with van der Waals surface area (Å²) in [7, 11) is 0. The first-order valence-corrected chi connectivity index (χ1v) is 4.46. The zero-order chi connectivity index (χ0) is 8.55. The second-order valence-corrected chi connectivity index (χ2v) is 3.41. The molecular formula is C7H8N4S. The lowest BCUT2D eigenvalue weighted by Crippen LogP contribution is -1.95. The Morgan fingerprint density at radius 2 is 2.17 bits per heavy atom. The van der Waals surface area contributed by atoms with Crippen LogP contribution in [0, 0.1) is 0 Å². The van der Waals surface area contributed by atoms with E-state index in [2.05, 4.69) is 32.8 Å². The molecular weight excluding hydrogens is 172 g/mol. The molecule has 0 aliphatic rings. The van der Waals surface area contributed by atoms with E-state index in [1.807, 2.05) is 0 Å². The van der Waals surface area contributed by atoms with Gasteiger partial charge in [0.1, 0.15) is 11.0 Å². The predicted octanol–water partition coefficient (Wildman–Crippen LogP) is 1.60. The van der Waals surface area contributed by atoms with Crippen molar-refractivity contribution in [2.24, 2.45) is 0 Å². The minimum Gasteiger partial charge on any atom is -0.171 e. The minimum atomic E-state index is 0.352. The quantitative estimate of drug-likeness (QED) is 0.669. The molecule has 12 heavy (non-hydrogen) atoms. The Bertz CT molecular complexity index is 395. The molecule has 0 bridgehead atoms. The van der Waals surface area contributed by atoms with Gasteiger partial charge in [-0.15, -0.1) is 0 Å². The van der Waals surface area contributed by atoms with Gasteiger partial charge in [0.2, 0.25) is 0 Å². The Balaban J connectivity index is 2.73. The van der Waals surface area contributed by atoms with E-state index in [1.54, 1.807) is 6.20 Å². The van der Waals surface area contributed by atoms with Crippen LogP contribution in [0.1, 0.15) is 25.5 Å². The zero-order valence-corrected chi connectivity index (χ0v) is 7.67. The first kappa shape index (κ1) is 7.54. The lowest BCUT2D eigenvalue weighted by molar-refractivity contribution is 0.796. The number of hydrogen-bond acceptors (Lipinski definition) is 5. The average molecular weight is 180 g/mol. The van der Waals surface area contributed by atoms with E-state index in [0.717, 1.165) is 16.7 Å². The number of nitrogens with zero attached hydrogens (tertiary/aromatic N) is 4. The van der Waals surface area contributed by atoms with Crippen LogP contribution in [0.15, 0.2) is 6.20 Å². The molecule has 2 aromatic rings. The summed E-state index contributed by atoms with van der Waals surface area (Å²) in [5.41, 5.74) is 2.67. The summed E-state index contributed by atoms with van der Waals surface area (Å²) >= 11 is 1.20. The number of rotatable bonds is 1. The van der Waals surface area contributed by atoms with Gasteiger partial charge in [-0.25, -0.2) is 0 Å². The van der Waals surface area contributed by atoms with E-state index >= 15 is 0 Å². The van der Waals surface area contributed by atoms with Crippen LogP contribution in [0.2, 0.25) is 0 Å². The highest BCUT2D eigenvalue weighted by atomic mass is 32.1. The number of hydrogen-bond donors (Lipinski definition) is 0. The second-order valence-electron chi connectivity index (χ2n) is 2.88. The SMILES string of the molecule is CC(C)c1nncc2nsnc12. The van der Waals surface area contributed by atoms with Gasteiger partial charge in [0.05, 0.1) is 23.6 Å². The predicted molar refractivity (Wildman–Crippen MR) is 47.1 cm³/mol. The fraction of sp³-hybridized carbons (Fsp3) is 0.429. The smallest absolute Gasteiger partial charge is 0.130 e. The molecule has 0 unspecified atom stereocenters. The highest BCUT2D eigenvalue weighted by Gasteiger charge is 2.09. The average Bonchev–Trinajstić information content (AvgIpc) is 2.49. The molecule has 4 nitrogen and oxygen atoms in total. The second kappa shape index (κ2) is 2.75. The van der Waals surface area contributed by atoms with Gasteiger partial charge in [-0.2, -0.15) is 18.9 Å². The molecule has 0 aliphatic heterocycles. The zero-order valence-electron chi connectivity index (χ0n) is 6.85. The molecule has 0 atom stereocenters. The molecule has 0 spiro atoms. The lowest BCUT2D eigenvalue weighted by atomic mass is 10.1. The molecule has 5 heteroatoms. The molecule has 0 saturated heterocycles. The molecule has 2 heterocycles. The van der Waals surface area contributed by atoms with Crippen LogP contribution in [-0.2, 0) is 0 Å². The summed E-state index contributed by atoms with van der Waals surface area (Å²) in [6, 6.07) is 0. The molecule has 62 valence electrons. The van der Waals surface area contributed by atoms with E-state index < -0.39 is 0 Å². The highest BCUT2D eigenvalue weighted by Crippen LogP contribution is 2.19. The van der Waals surface area contributed by atoms with Crippen molar-refractivity contribution in [1.82, 2.24) is 18.9 Å². The maximum absolute atomic E-state index is 4.17. The standard InChI is InChI=1S/C7H8N4S/c1-4(2)6-7-5(3-8-9-6)10-12-11-7/h3-4H,1-2H3. The van der Waals surface area contributed by atoms with Gasteiger partial charge in [-0.05, 0) is 5.92 Å². The van der Waals surface area contributed by atoms with Crippen LogP contribution in [-0.4, -0.2) is 18.9 Å². The monoisotopic (exact) mass is 180 g/mol. The summed E-state index contributed by atoms with van der Waals surface area (Å²) < 4.78 is 8.26. The molecule has 0 N–H and O–H groups in total. The van der Waals surface area contributed by atoms with Crippen molar-refractivity contribution in [1.29, 1.82) is 0 Å². The third-order valence-electron chi connectivity index (χ3n) is 1.65. The molecule has 0 aromatic carbocycles. The summed E-state index contributed by atoms with van der Waals surface area (Å²) in [5, 5.41) is 7.89. The van der Waals surface area contributed by atoms with E-state index in [1.165, 1.54) is 11.7 Å². The van der Waals surface area contributed by atoms with Crippen molar-refractivity contribution in [2.45, 2.75) is 19.8 Å². The molecule has 0 radical (unpaired) electrons. The van der Waals surface area contributed by atoms with Gasteiger partial charge < -0.3 is 0 Å². The van der Waals surface area contributed by atoms with Gasteiger partial charge in [0.25, 0.3) is 0 Å². The Morgan fingerprint density at radius 1 is 1.33 bits per heavy atom. The van der Waals surface area contributed by atoms with Crippen molar-refractivity contribution in [2.75, 3.05) is 0 Å². The number of fused-ring (bicyclic) bond motifs is 1. The van der Waals surface area contributed by atoms with Crippen LogP contribution in [0.4, 0.5) is 0 Å². The van der Waals surface area contributed by atoms with Crippen molar-refractivity contribution in [3.8, 4) is 0 Å². The van der Waals surface area contributed by atoms with Crippen molar-refractivity contribution < 1.29 is 0 Å². The fourth-order valence-corrected chi connectivity index (χ4v) is 1.57. The maximum atomic E-state index is 4.17. The largest absolute Gasteiger partial charge is 0.171 e. The third kappa shape index (κ3) is 1.06. The van der Waals surface area contributed by atoms with Crippen molar-refractivity contribution >= 4 is 22.8 Å². The van der Waals surface area contributed by atoms with E-state index in [9.17, 15) is 0 Å². The van der Waals surface area contributed by atoms with Crippen LogP contribution in [0.5, 0.6) is 0 Å². The van der Waals surface area contributed by atoms with Crippen molar-refractivity contribution in [3.63, 3.8) is 0 Å². The third-order valence-corrected chi connectivity index (χ3v) is 2.19. The summed E-state index contributed by atoms with van der Waals surface area (Å²) in [6.07, 6.45) is 1.64. The van der Waals surface area contributed by atoms with Crippen LogP contribution >= 0.6 is 11.7 Å². The van der Waals surface area contributed by atoms with Gasteiger partial charge in [-0.3, -0.25) is 0 Å². The Kier molecular flexibility index (Phi) is 1.73. The first-order chi connectivity index (χ1) is 5.79. The lowest BCUT2D eigenvalue weighted by Gasteiger charge is -2.00. The molecule has 2 rings (SSSR count). The number of aromatic nitrogens is 4. The van der Waals surface area contributed by atoms with E-state index in [4.69, 9.17) is 0 Å². The molecule has 0 fully saturated rings. The van der Waals surface area contributed by atoms with Gasteiger partial charge in [0.15, 0.2) is 0 Å². The maximum Gasteiger partial charge on any atom is 0.130 e. The molecule has 0 aliphatic carbocycles. The Morgan fingerprint density at radius 3 is 2.92 bits per heavy atom. The van der Waals surface area contributed by atoms with Crippen molar-refractivity contribution in [3.05, 3.63) is 11.9 Å². The summed E-state index contributed by atoms with van der Waals surface area (Å²) in [5.74, 6) is 0.352. The minimum absolute atomic E-state index is 0.352. The Labute approximate surface area is 74.0 Å². The van der Waals surface area contributed by atoms with Gasteiger partial charge in [0, 0.05) is 0 Å². The summed E-state index contributed by atoms with van der Waals surface area (Å²) in [6.45, 7) is 4.14. The van der Waals surface area contributed by atoms with Crippen LogP contribution in [0.3, 0.4) is 0 Å². The topological polar surface area (TPSA) is 51.6 Å². The van der Waals surface area contributed by atoms with Crippen LogP contribution in [0.25, 0.3) is 11.0 Å². The molecule has 2 aromatic heterocycles. The highest BCUT2D eigenvalue weighted by molar-refractivity contribution is 7.00. The normalized spacial score (nSPS) is 11.2. The van der Waals surface area contributed by atoms with E-state index in [0.29, 0.717) is 5.92 Å². The fourth-order valence-electron chi connectivity index (χ4n) is 1.04. The Hall–Kier alpha value is -1.10. The molecule has 0 amide bonds. The molecule has 0 saturated carbocycles. The summed E-state index contributed by atoms with van der Waals surface area (Å²) in [4.78, 5) is 0. The van der Waals surface area contributed by atoms with Gasteiger partial charge in [-0.1, -0.05) is 13.8 Å².